The average Bonchev–Trinajstić information content (AvgIpc) is 2.12. The third-order valence-corrected chi connectivity index (χ3v) is 2.41. The van der Waals surface area contributed by atoms with Crippen molar-refractivity contribution < 1.29 is 4.79 Å². The highest BCUT2D eigenvalue weighted by molar-refractivity contribution is 5.94. The first-order chi connectivity index (χ1) is 6.36. The predicted octanol–water partition coefficient (Wildman–Crippen LogP) is 1.77. The summed E-state index contributed by atoms with van der Waals surface area (Å²) in [5, 5.41) is 2.97. The fourth-order valence-corrected chi connectivity index (χ4v) is 1.36. The largest absolute Gasteiger partial charge is 0.349 e. The molecule has 1 amide bonds. The Bertz CT molecular complexity index is 290. The van der Waals surface area contributed by atoms with Gasteiger partial charge in [-0.3, -0.25) is 4.79 Å². The molecule has 0 unspecified atom stereocenters. The molecule has 1 aliphatic rings. The first-order valence-electron chi connectivity index (χ1n) is 4.63. The lowest BCUT2D eigenvalue weighted by Gasteiger charge is -2.26. The molecule has 0 bridgehead atoms. The third kappa shape index (κ3) is 1.89. The standard InChI is InChI=1S/C11H12NO/c13-11(12-10-7-4-8-10)9-5-2-1-3-6-9/h1-2,5-6,10H,4,7-8H2,(H,12,13). The maximum Gasteiger partial charge on any atom is 0.251 e. The van der Waals surface area contributed by atoms with Gasteiger partial charge in [-0.25, -0.2) is 0 Å². The summed E-state index contributed by atoms with van der Waals surface area (Å²) in [6.45, 7) is 0. The summed E-state index contributed by atoms with van der Waals surface area (Å²) < 4.78 is 0. The van der Waals surface area contributed by atoms with Gasteiger partial charge >= 0.3 is 0 Å². The van der Waals surface area contributed by atoms with Gasteiger partial charge in [0.05, 0.1) is 0 Å². The minimum Gasteiger partial charge on any atom is -0.349 e. The normalized spacial score (nSPS) is 16.3. The van der Waals surface area contributed by atoms with Crippen LogP contribution in [0.1, 0.15) is 29.6 Å². The first-order valence-corrected chi connectivity index (χ1v) is 4.63. The Hall–Kier alpha value is -1.31. The topological polar surface area (TPSA) is 29.1 Å². The highest BCUT2D eigenvalue weighted by Gasteiger charge is 2.19. The van der Waals surface area contributed by atoms with Gasteiger partial charge in [-0.2, -0.15) is 0 Å². The highest BCUT2D eigenvalue weighted by Crippen LogP contribution is 2.18. The molecule has 1 aromatic rings. The van der Waals surface area contributed by atoms with Gasteiger partial charge in [0.2, 0.25) is 0 Å². The average molecular weight is 174 g/mol. The minimum atomic E-state index is 0.0292. The van der Waals surface area contributed by atoms with E-state index in [0.29, 0.717) is 11.6 Å². The van der Waals surface area contributed by atoms with Gasteiger partial charge in [-0.05, 0) is 37.5 Å². The fraction of sp³-hybridized carbons (Fsp3) is 0.364. The lowest BCUT2D eigenvalue weighted by Crippen LogP contribution is -2.39. The van der Waals surface area contributed by atoms with Crippen molar-refractivity contribution in [3.63, 3.8) is 0 Å². The van der Waals surface area contributed by atoms with E-state index < -0.39 is 0 Å². The van der Waals surface area contributed by atoms with Gasteiger partial charge in [0.25, 0.3) is 5.91 Å². The fourth-order valence-electron chi connectivity index (χ4n) is 1.36. The van der Waals surface area contributed by atoms with Crippen molar-refractivity contribution in [3.8, 4) is 0 Å². The summed E-state index contributed by atoms with van der Waals surface area (Å²) >= 11 is 0. The van der Waals surface area contributed by atoms with E-state index in [1.807, 2.05) is 12.1 Å². The zero-order chi connectivity index (χ0) is 9.10. The number of rotatable bonds is 2. The molecule has 0 atom stereocenters. The van der Waals surface area contributed by atoms with Crippen molar-refractivity contribution in [2.75, 3.05) is 0 Å². The summed E-state index contributed by atoms with van der Waals surface area (Å²) in [5.41, 5.74) is 0.703. The van der Waals surface area contributed by atoms with Gasteiger partial charge in [0.15, 0.2) is 0 Å². The van der Waals surface area contributed by atoms with Crippen LogP contribution in [0.3, 0.4) is 0 Å². The molecule has 0 heterocycles. The Kier molecular flexibility index (Phi) is 2.30. The van der Waals surface area contributed by atoms with Crippen molar-refractivity contribution in [2.24, 2.45) is 0 Å². The third-order valence-electron chi connectivity index (χ3n) is 2.41. The van der Waals surface area contributed by atoms with E-state index in [1.54, 1.807) is 12.1 Å². The van der Waals surface area contributed by atoms with E-state index in [1.165, 1.54) is 6.42 Å². The molecule has 0 aliphatic heterocycles. The van der Waals surface area contributed by atoms with Crippen LogP contribution in [0.5, 0.6) is 0 Å². The molecule has 0 spiro atoms. The number of carbonyl (C=O) groups excluding carboxylic acids is 1. The second-order valence-corrected chi connectivity index (χ2v) is 3.39. The summed E-state index contributed by atoms with van der Waals surface area (Å²) in [4.78, 5) is 11.5. The smallest absolute Gasteiger partial charge is 0.251 e. The Morgan fingerprint density at radius 2 is 2.38 bits per heavy atom. The molecule has 1 N–H and O–H groups in total. The maximum atomic E-state index is 11.5. The molecule has 1 aliphatic carbocycles. The van der Waals surface area contributed by atoms with Crippen molar-refractivity contribution in [2.45, 2.75) is 25.3 Å². The van der Waals surface area contributed by atoms with Crippen molar-refractivity contribution >= 4 is 5.91 Å². The van der Waals surface area contributed by atoms with Crippen LogP contribution in [0.2, 0.25) is 0 Å². The van der Waals surface area contributed by atoms with Gasteiger partial charge in [0.1, 0.15) is 0 Å². The molecule has 67 valence electrons. The Balaban J connectivity index is 1.97. The number of benzene rings is 1. The zero-order valence-corrected chi connectivity index (χ0v) is 7.42. The molecule has 0 aromatic heterocycles. The number of carbonyl (C=O) groups is 1. The molecule has 2 rings (SSSR count). The second-order valence-electron chi connectivity index (χ2n) is 3.39. The molecule has 1 saturated carbocycles. The van der Waals surface area contributed by atoms with Gasteiger partial charge < -0.3 is 5.32 Å². The van der Waals surface area contributed by atoms with Crippen LogP contribution in [-0.4, -0.2) is 11.9 Å². The monoisotopic (exact) mass is 174 g/mol. The summed E-state index contributed by atoms with van der Waals surface area (Å²) in [5.74, 6) is 0.0292. The van der Waals surface area contributed by atoms with E-state index in [-0.39, 0.29) is 5.91 Å². The lowest BCUT2D eigenvalue weighted by atomic mass is 9.93. The minimum absolute atomic E-state index is 0.0292. The van der Waals surface area contributed by atoms with Gasteiger partial charge in [-0.15, -0.1) is 0 Å². The van der Waals surface area contributed by atoms with E-state index in [9.17, 15) is 4.79 Å². The highest BCUT2D eigenvalue weighted by atomic mass is 16.1. The SMILES string of the molecule is O=C(NC1CCC1)c1c[c]ccc1. The second kappa shape index (κ2) is 3.60. The van der Waals surface area contributed by atoms with Crippen LogP contribution in [-0.2, 0) is 0 Å². The van der Waals surface area contributed by atoms with Gasteiger partial charge in [0, 0.05) is 11.6 Å². The molecular formula is C11H12NO. The van der Waals surface area contributed by atoms with Crippen LogP contribution in [0, 0.1) is 6.07 Å². The molecular weight excluding hydrogens is 162 g/mol. The van der Waals surface area contributed by atoms with E-state index >= 15 is 0 Å². The van der Waals surface area contributed by atoms with Crippen molar-refractivity contribution in [1.29, 1.82) is 0 Å². The van der Waals surface area contributed by atoms with Crippen molar-refractivity contribution in [1.82, 2.24) is 5.32 Å². The summed E-state index contributed by atoms with van der Waals surface area (Å²) in [7, 11) is 0. The molecule has 1 radical (unpaired) electrons. The summed E-state index contributed by atoms with van der Waals surface area (Å²) in [6, 6.07) is 10.4. The van der Waals surface area contributed by atoms with Crippen LogP contribution < -0.4 is 5.32 Å². The molecule has 0 saturated heterocycles. The molecule has 1 aromatic carbocycles. The van der Waals surface area contributed by atoms with E-state index in [0.717, 1.165) is 12.8 Å². The predicted molar refractivity (Wildman–Crippen MR) is 50.4 cm³/mol. The van der Waals surface area contributed by atoms with E-state index in [4.69, 9.17) is 0 Å². The van der Waals surface area contributed by atoms with Crippen LogP contribution in [0.25, 0.3) is 0 Å². The number of amides is 1. The summed E-state index contributed by atoms with van der Waals surface area (Å²) in [6.07, 6.45) is 3.50. The Morgan fingerprint density at radius 1 is 1.54 bits per heavy atom. The lowest BCUT2D eigenvalue weighted by molar-refractivity contribution is 0.0917. The maximum absolute atomic E-state index is 11.5. The number of nitrogens with one attached hydrogen (secondary N) is 1. The number of hydrogen-bond acceptors (Lipinski definition) is 1. The Morgan fingerprint density at radius 3 is 2.92 bits per heavy atom. The quantitative estimate of drug-likeness (QED) is 0.727. The van der Waals surface area contributed by atoms with E-state index in [2.05, 4.69) is 11.4 Å². The first kappa shape index (κ1) is 8.30. The molecule has 1 fully saturated rings. The number of hydrogen-bond donors (Lipinski definition) is 1. The Labute approximate surface area is 78.0 Å². The molecule has 2 nitrogen and oxygen atoms in total. The van der Waals surface area contributed by atoms with Crippen LogP contribution in [0.4, 0.5) is 0 Å². The molecule has 2 heteroatoms. The molecule has 13 heavy (non-hydrogen) atoms. The zero-order valence-electron chi connectivity index (χ0n) is 7.42. The van der Waals surface area contributed by atoms with Crippen LogP contribution >= 0.6 is 0 Å². The van der Waals surface area contributed by atoms with Crippen LogP contribution in [0.15, 0.2) is 24.3 Å². The van der Waals surface area contributed by atoms with Gasteiger partial charge in [-0.1, -0.05) is 12.1 Å². The van der Waals surface area contributed by atoms with Crippen molar-refractivity contribution in [3.05, 3.63) is 35.9 Å².